The van der Waals surface area contributed by atoms with E-state index in [1.54, 1.807) is 0 Å². The first-order valence-electron chi connectivity index (χ1n) is 3.71. The van der Waals surface area contributed by atoms with Crippen molar-refractivity contribution in [1.29, 1.82) is 0 Å². The van der Waals surface area contributed by atoms with Crippen LogP contribution in [-0.4, -0.2) is 11.5 Å². The Labute approximate surface area is 86.3 Å². The molecule has 2 heterocycles. The van der Waals surface area contributed by atoms with Gasteiger partial charge in [-0.05, 0) is 41.0 Å². The summed E-state index contributed by atoms with van der Waals surface area (Å²) < 4.78 is 1.04. The van der Waals surface area contributed by atoms with Gasteiger partial charge in [-0.3, -0.25) is 4.98 Å². The first kappa shape index (κ1) is 9.96. The molecule has 1 aliphatic rings. The number of nitrogens with one attached hydrogen (secondary N) is 1. The molecule has 1 aromatic rings. The number of pyridine rings is 1. The Balaban J connectivity index is 0.000000720. The first-order valence-corrected chi connectivity index (χ1v) is 4.50. The van der Waals surface area contributed by atoms with Crippen LogP contribution < -0.4 is 5.32 Å². The van der Waals surface area contributed by atoms with Gasteiger partial charge < -0.3 is 5.32 Å². The van der Waals surface area contributed by atoms with Crippen LogP contribution in [0.2, 0.25) is 0 Å². The lowest BCUT2D eigenvalue weighted by Crippen LogP contribution is -2.35. The fourth-order valence-corrected chi connectivity index (χ4v) is 1.37. The van der Waals surface area contributed by atoms with E-state index >= 15 is 0 Å². The molecule has 0 unspecified atom stereocenters. The van der Waals surface area contributed by atoms with E-state index in [1.165, 1.54) is 6.42 Å². The number of rotatable bonds is 1. The zero-order valence-electron chi connectivity index (χ0n) is 6.46. The summed E-state index contributed by atoms with van der Waals surface area (Å²) in [6.45, 7) is 1.13. The van der Waals surface area contributed by atoms with Crippen molar-refractivity contribution in [3.63, 3.8) is 0 Å². The van der Waals surface area contributed by atoms with Gasteiger partial charge in [-0.2, -0.15) is 0 Å². The minimum atomic E-state index is 0. The fraction of sp³-hybridized carbons (Fsp3) is 0.375. The average molecular weight is 250 g/mol. The van der Waals surface area contributed by atoms with E-state index in [1.807, 2.05) is 12.3 Å². The zero-order chi connectivity index (χ0) is 7.68. The summed E-state index contributed by atoms with van der Waals surface area (Å²) in [4.78, 5) is 4.29. The maximum absolute atomic E-state index is 4.29. The summed E-state index contributed by atoms with van der Waals surface area (Å²) in [5.74, 6) is 0. The van der Waals surface area contributed by atoms with Gasteiger partial charge in [-0.15, -0.1) is 12.4 Å². The van der Waals surface area contributed by atoms with Gasteiger partial charge in [0.1, 0.15) is 0 Å². The standard InChI is InChI=1S/C8H9BrN2.ClH/c9-6-1-2-7(11-5-6)8-3-4-10-8;/h1-2,5,8,10H,3-4H2;1H/t8-;/m1./s1. The van der Waals surface area contributed by atoms with E-state index in [4.69, 9.17) is 0 Å². The van der Waals surface area contributed by atoms with Crippen LogP contribution in [0.25, 0.3) is 0 Å². The van der Waals surface area contributed by atoms with E-state index in [2.05, 4.69) is 32.3 Å². The van der Waals surface area contributed by atoms with Crippen molar-refractivity contribution < 1.29 is 0 Å². The van der Waals surface area contributed by atoms with E-state index in [9.17, 15) is 0 Å². The van der Waals surface area contributed by atoms with Gasteiger partial charge in [0.15, 0.2) is 0 Å². The Morgan fingerprint density at radius 3 is 2.67 bits per heavy atom. The molecule has 4 heteroatoms. The van der Waals surface area contributed by atoms with E-state index < -0.39 is 0 Å². The van der Waals surface area contributed by atoms with Crippen LogP contribution in [0.5, 0.6) is 0 Å². The summed E-state index contributed by atoms with van der Waals surface area (Å²) >= 11 is 3.35. The highest BCUT2D eigenvalue weighted by molar-refractivity contribution is 9.10. The molecule has 0 bridgehead atoms. The van der Waals surface area contributed by atoms with Crippen molar-refractivity contribution in [3.8, 4) is 0 Å². The maximum Gasteiger partial charge on any atom is 0.0574 e. The lowest BCUT2D eigenvalue weighted by molar-refractivity contribution is 0.375. The van der Waals surface area contributed by atoms with Crippen molar-refractivity contribution in [3.05, 3.63) is 28.5 Å². The predicted molar refractivity (Wildman–Crippen MR) is 54.5 cm³/mol. The molecular formula is C8H10BrClN2. The molecule has 1 aromatic heterocycles. The molecule has 1 aliphatic heterocycles. The molecule has 1 saturated heterocycles. The Hall–Kier alpha value is -0.120. The summed E-state index contributed by atoms with van der Waals surface area (Å²) in [6.07, 6.45) is 3.06. The number of hydrogen-bond donors (Lipinski definition) is 1. The SMILES string of the molecule is Brc1ccc([C@H]2CCN2)nc1.Cl. The zero-order valence-corrected chi connectivity index (χ0v) is 8.86. The van der Waals surface area contributed by atoms with Gasteiger partial charge >= 0.3 is 0 Å². The third-order valence-electron chi connectivity index (χ3n) is 1.93. The smallest absolute Gasteiger partial charge is 0.0574 e. The molecule has 0 aliphatic carbocycles. The predicted octanol–water partition coefficient (Wildman–Crippen LogP) is 2.30. The Morgan fingerprint density at radius 2 is 2.25 bits per heavy atom. The van der Waals surface area contributed by atoms with Crippen LogP contribution in [-0.2, 0) is 0 Å². The molecular weight excluding hydrogens is 239 g/mol. The second kappa shape index (κ2) is 4.21. The molecule has 0 saturated carbocycles. The molecule has 1 atom stereocenters. The third-order valence-corrected chi connectivity index (χ3v) is 2.40. The van der Waals surface area contributed by atoms with Crippen molar-refractivity contribution in [1.82, 2.24) is 10.3 Å². The number of aromatic nitrogens is 1. The number of hydrogen-bond acceptors (Lipinski definition) is 2. The summed E-state index contributed by atoms with van der Waals surface area (Å²) in [5, 5.41) is 3.30. The molecule has 0 spiro atoms. The van der Waals surface area contributed by atoms with Gasteiger partial charge in [0.2, 0.25) is 0 Å². The Morgan fingerprint density at radius 1 is 1.50 bits per heavy atom. The van der Waals surface area contributed by atoms with Gasteiger partial charge in [-0.1, -0.05) is 0 Å². The monoisotopic (exact) mass is 248 g/mol. The second-order valence-electron chi connectivity index (χ2n) is 2.70. The molecule has 66 valence electrons. The second-order valence-corrected chi connectivity index (χ2v) is 3.61. The van der Waals surface area contributed by atoms with Crippen LogP contribution in [0.15, 0.2) is 22.8 Å². The molecule has 0 aromatic carbocycles. The van der Waals surface area contributed by atoms with Crippen LogP contribution in [0.1, 0.15) is 18.2 Å². The molecule has 1 fully saturated rings. The summed E-state index contributed by atoms with van der Waals surface area (Å²) in [6, 6.07) is 4.59. The fourth-order valence-electron chi connectivity index (χ4n) is 1.13. The van der Waals surface area contributed by atoms with Crippen LogP contribution in [0.3, 0.4) is 0 Å². The lowest BCUT2D eigenvalue weighted by Gasteiger charge is -2.26. The van der Waals surface area contributed by atoms with E-state index in [0.717, 1.165) is 16.7 Å². The topological polar surface area (TPSA) is 24.9 Å². The van der Waals surface area contributed by atoms with Crippen molar-refractivity contribution in [2.75, 3.05) is 6.54 Å². The highest BCUT2D eigenvalue weighted by Gasteiger charge is 2.18. The molecule has 2 rings (SSSR count). The lowest BCUT2D eigenvalue weighted by atomic mass is 10.0. The summed E-state index contributed by atoms with van der Waals surface area (Å²) in [5.41, 5.74) is 1.15. The Kier molecular flexibility index (Phi) is 3.50. The van der Waals surface area contributed by atoms with Crippen molar-refractivity contribution in [2.45, 2.75) is 12.5 Å². The maximum atomic E-state index is 4.29. The highest BCUT2D eigenvalue weighted by Crippen LogP contribution is 2.21. The van der Waals surface area contributed by atoms with Crippen LogP contribution in [0, 0.1) is 0 Å². The average Bonchev–Trinajstić information content (AvgIpc) is 1.90. The van der Waals surface area contributed by atoms with Gasteiger partial charge in [-0.25, -0.2) is 0 Å². The van der Waals surface area contributed by atoms with Crippen LogP contribution >= 0.6 is 28.3 Å². The minimum Gasteiger partial charge on any atom is -0.309 e. The van der Waals surface area contributed by atoms with E-state index in [-0.39, 0.29) is 12.4 Å². The number of nitrogens with zero attached hydrogens (tertiary/aromatic N) is 1. The van der Waals surface area contributed by atoms with Crippen LogP contribution in [0.4, 0.5) is 0 Å². The molecule has 0 amide bonds. The quantitative estimate of drug-likeness (QED) is 0.826. The normalized spacial score (nSPS) is 20.9. The number of halogens is 2. The first-order chi connectivity index (χ1) is 5.36. The third kappa shape index (κ3) is 1.97. The van der Waals surface area contributed by atoms with Gasteiger partial charge in [0.05, 0.1) is 11.7 Å². The molecule has 0 radical (unpaired) electrons. The molecule has 12 heavy (non-hydrogen) atoms. The Bertz CT molecular complexity index is 246. The molecule has 2 nitrogen and oxygen atoms in total. The van der Waals surface area contributed by atoms with Gasteiger partial charge in [0.25, 0.3) is 0 Å². The molecule has 1 N–H and O–H groups in total. The van der Waals surface area contributed by atoms with Crippen molar-refractivity contribution in [2.24, 2.45) is 0 Å². The largest absolute Gasteiger partial charge is 0.309 e. The van der Waals surface area contributed by atoms with Gasteiger partial charge in [0, 0.05) is 10.7 Å². The highest BCUT2D eigenvalue weighted by atomic mass is 79.9. The van der Waals surface area contributed by atoms with Crippen molar-refractivity contribution >= 4 is 28.3 Å². The minimum absolute atomic E-state index is 0. The van der Waals surface area contributed by atoms with E-state index in [0.29, 0.717) is 6.04 Å². The summed E-state index contributed by atoms with van der Waals surface area (Å²) in [7, 11) is 0.